The van der Waals surface area contributed by atoms with Crippen molar-refractivity contribution in [3.8, 4) is 0 Å². The van der Waals surface area contributed by atoms with Gasteiger partial charge in [-0.25, -0.2) is 0 Å². The van der Waals surface area contributed by atoms with Crippen molar-refractivity contribution in [1.29, 1.82) is 0 Å². The second-order valence-corrected chi connectivity index (χ2v) is 1.27. The molecule has 2 nitrogen and oxygen atoms in total. The zero-order valence-electron chi connectivity index (χ0n) is 6.59. The fourth-order valence-corrected chi connectivity index (χ4v) is 0.258. The van der Waals surface area contributed by atoms with Crippen LogP contribution in [0.1, 0.15) is 22.6 Å². The van der Waals surface area contributed by atoms with Crippen LogP contribution >= 0.6 is 0 Å². The zero-order valence-corrected chi connectivity index (χ0v) is 6.01. The minimum atomic E-state index is -1.10. The first kappa shape index (κ1) is 10.6. The Morgan fingerprint density at radius 3 is 2.00 bits per heavy atom. The molecule has 2 N–H and O–H groups in total. The molecule has 0 saturated heterocycles. The predicted octanol–water partition coefficient (Wildman–Crippen LogP) is -0.0586. The minimum Gasteiger partial charge on any atom is -1.00 e. The minimum absolute atomic E-state index is 0. The number of hydrogen-bond donors (Lipinski definition) is 2. The van der Waals surface area contributed by atoms with Crippen LogP contribution in [-0.4, -0.2) is 39.6 Å². The summed E-state index contributed by atoms with van der Waals surface area (Å²) in [6, 6.07) is 0. The van der Waals surface area contributed by atoms with E-state index in [1.165, 1.54) is 0 Å². The third-order valence-corrected chi connectivity index (χ3v) is 0.547. The Labute approximate surface area is 62.7 Å². The summed E-state index contributed by atoms with van der Waals surface area (Å²) in [6.07, 6.45) is 0.215. The second-order valence-electron chi connectivity index (χ2n) is 1.27. The van der Waals surface area contributed by atoms with E-state index in [9.17, 15) is 0 Å². The van der Waals surface area contributed by atoms with Crippen LogP contribution in [0.15, 0.2) is 0 Å². The molecule has 0 rings (SSSR count). The summed E-state index contributed by atoms with van der Waals surface area (Å²) in [7, 11) is 0. The summed E-state index contributed by atoms with van der Waals surface area (Å²) in [5.74, 6) is 0. The van der Waals surface area contributed by atoms with Crippen molar-refractivity contribution in [2.45, 2.75) is 26.1 Å². The Morgan fingerprint density at radius 2 is 2.00 bits per heavy atom. The molecule has 0 radical (unpaired) electrons. The summed E-state index contributed by atoms with van der Waals surface area (Å²) >= 11 is 0. The van der Waals surface area contributed by atoms with E-state index in [4.69, 9.17) is 10.2 Å². The van der Waals surface area contributed by atoms with Crippen molar-refractivity contribution in [2.24, 2.45) is 0 Å². The molecule has 0 amide bonds. The largest absolute Gasteiger partial charge is 2.00 e. The van der Waals surface area contributed by atoms with Crippen LogP contribution in [0.4, 0.5) is 0 Å². The van der Waals surface area contributed by atoms with Gasteiger partial charge in [-0.3, -0.25) is 0 Å². The van der Waals surface area contributed by atoms with Crippen LogP contribution in [0.5, 0.6) is 0 Å². The molecule has 42 valence electrons. The Hall–Kier alpha value is 0.686. The summed E-state index contributed by atoms with van der Waals surface area (Å²) in [6.45, 7) is 1.90. The molecule has 0 bridgehead atoms. The maximum Gasteiger partial charge on any atom is 2.00 e. The first-order valence-electron chi connectivity index (χ1n) is 2.13. The summed E-state index contributed by atoms with van der Waals surface area (Å²) in [5.41, 5.74) is 0. The van der Waals surface area contributed by atoms with Gasteiger partial charge in [0.05, 0.1) is 0 Å². The molecule has 0 aliphatic heterocycles. The smallest absolute Gasteiger partial charge is 1.00 e. The van der Waals surface area contributed by atoms with Crippen LogP contribution in [-0.2, 0) is 0 Å². The molecular weight excluding hydrogens is 104 g/mol. The van der Waals surface area contributed by atoms with E-state index < -0.39 is 6.29 Å². The summed E-state index contributed by atoms with van der Waals surface area (Å²) in [5, 5.41) is 16.2. The van der Waals surface area contributed by atoms with Crippen LogP contribution in [0.3, 0.4) is 0 Å². The normalized spacial score (nSPS) is 8.57. The van der Waals surface area contributed by atoms with Crippen molar-refractivity contribution in [1.82, 2.24) is 0 Å². The topological polar surface area (TPSA) is 40.5 Å². The maximum absolute atomic E-state index is 8.11. The molecule has 0 aliphatic rings. The van der Waals surface area contributed by atoms with E-state index in [1.54, 1.807) is 0 Å². The monoisotopic (exact) mass is 116 g/mol. The number of aliphatic hydroxyl groups excluding tert-OH is 1. The molecule has 7 heavy (non-hydrogen) atoms. The Bertz CT molecular complexity index is 37.7. The quantitative estimate of drug-likeness (QED) is 0.392. The average molecular weight is 116 g/mol. The van der Waals surface area contributed by atoms with E-state index >= 15 is 0 Å². The van der Waals surface area contributed by atoms with Gasteiger partial charge in [0.2, 0.25) is 0 Å². The van der Waals surface area contributed by atoms with Crippen molar-refractivity contribution in [3.63, 3.8) is 0 Å². The van der Waals surface area contributed by atoms with Crippen molar-refractivity contribution in [3.05, 3.63) is 0 Å². The van der Waals surface area contributed by atoms with Gasteiger partial charge in [-0.1, -0.05) is 13.3 Å². The average Bonchev–Trinajstić information content (AvgIpc) is 1.35. The van der Waals surface area contributed by atoms with Gasteiger partial charge in [-0.2, -0.15) is 0 Å². The van der Waals surface area contributed by atoms with Gasteiger partial charge in [-0.15, -0.1) is 0 Å². The van der Waals surface area contributed by atoms with Crippen LogP contribution < -0.4 is 0 Å². The fraction of sp³-hybridized carbons (Fsp3) is 1.00. The maximum atomic E-state index is 8.11. The van der Waals surface area contributed by atoms with Crippen LogP contribution in [0.2, 0.25) is 0 Å². The van der Waals surface area contributed by atoms with Crippen LogP contribution in [0.25, 0.3) is 0 Å². The molecule has 0 aromatic rings. The van der Waals surface area contributed by atoms with Gasteiger partial charge in [0.1, 0.15) is 0 Å². The molecule has 0 unspecified atom stereocenters. The standard InChI is InChI=1S/C4H10O2.Mg.2H/c1-2-3-4(5)6;;;/h4-6H,2-3H2,1H3;;;/q;+2;2*-1. The molecule has 0 fully saturated rings. The van der Waals surface area contributed by atoms with Gasteiger partial charge in [0.15, 0.2) is 6.29 Å². The Balaban J connectivity index is -0.0000000417. The van der Waals surface area contributed by atoms with Crippen molar-refractivity contribution >= 4 is 23.1 Å². The van der Waals surface area contributed by atoms with E-state index in [0.717, 1.165) is 6.42 Å². The van der Waals surface area contributed by atoms with Crippen LogP contribution in [0, 0.1) is 0 Å². The molecule has 0 aromatic carbocycles. The van der Waals surface area contributed by atoms with Gasteiger partial charge in [0, 0.05) is 0 Å². The number of aliphatic hydroxyl groups is 2. The van der Waals surface area contributed by atoms with Crippen molar-refractivity contribution < 1.29 is 13.1 Å². The zero-order chi connectivity index (χ0) is 4.99. The number of rotatable bonds is 2. The van der Waals surface area contributed by atoms with E-state index in [2.05, 4.69) is 0 Å². The molecular formula is C4H12MgO2. The molecule has 3 heteroatoms. The van der Waals surface area contributed by atoms with Gasteiger partial charge < -0.3 is 13.1 Å². The first-order valence-corrected chi connectivity index (χ1v) is 2.13. The second kappa shape index (κ2) is 6.69. The van der Waals surface area contributed by atoms with Crippen molar-refractivity contribution in [2.75, 3.05) is 0 Å². The molecule has 0 heterocycles. The summed E-state index contributed by atoms with van der Waals surface area (Å²) < 4.78 is 0. The Morgan fingerprint density at radius 1 is 1.57 bits per heavy atom. The predicted molar refractivity (Wildman–Crippen MR) is 31.1 cm³/mol. The number of hydrogen-bond acceptors (Lipinski definition) is 2. The third kappa shape index (κ3) is 10.8. The van der Waals surface area contributed by atoms with Gasteiger partial charge >= 0.3 is 23.1 Å². The van der Waals surface area contributed by atoms with Gasteiger partial charge in [-0.05, 0) is 6.42 Å². The third-order valence-electron chi connectivity index (χ3n) is 0.547. The first-order chi connectivity index (χ1) is 2.77. The van der Waals surface area contributed by atoms with Gasteiger partial charge in [0.25, 0.3) is 0 Å². The van der Waals surface area contributed by atoms with E-state index in [0.29, 0.717) is 6.42 Å². The van der Waals surface area contributed by atoms with E-state index in [1.807, 2.05) is 6.92 Å². The Kier molecular flexibility index (Phi) is 10.2. The fourth-order valence-electron chi connectivity index (χ4n) is 0.258. The molecule has 0 spiro atoms. The molecule has 0 atom stereocenters. The van der Waals surface area contributed by atoms with E-state index in [-0.39, 0.29) is 25.9 Å². The SMILES string of the molecule is CCCC(O)O.[H-].[H-].[Mg+2]. The molecule has 0 aromatic heterocycles. The molecule has 0 aliphatic carbocycles. The summed E-state index contributed by atoms with van der Waals surface area (Å²) in [4.78, 5) is 0. The molecule has 0 saturated carbocycles.